The number of nitrogens with zero attached hydrogens (tertiary/aromatic N) is 3. The molecular formula is C21H28N4O5. The van der Waals surface area contributed by atoms with Crippen molar-refractivity contribution in [3.63, 3.8) is 0 Å². The summed E-state index contributed by atoms with van der Waals surface area (Å²) in [4.78, 5) is 27.6. The van der Waals surface area contributed by atoms with Gasteiger partial charge in [-0.1, -0.05) is 12.1 Å². The molecule has 2 rings (SSSR count). The molecule has 0 spiro atoms. The summed E-state index contributed by atoms with van der Waals surface area (Å²) in [7, 11) is 10.5. The van der Waals surface area contributed by atoms with Gasteiger partial charge in [-0.2, -0.15) is 0 Å². The molecule has 2 aromatic carbocycles. The van der Waals surface area contributed by atoms with Crippen LogP contribution in [0.3, 0.4) is 0 Å². The highest BCUT2D eigenvalue weighted by Gasteiger charge is 2.25. The number of nitro groups is 1. The van der Waals surface area contributed by atoms with Crippen molar-refractivity contribution >= 4 is 17.3 Å². The van der Waals surface area contributed by atoms with E-state index in [4.69, 9.17) is 9.47 Å². The zero-order valence-electron chi connectivity index (χ0n) is 18.1. The Labute approximate surface area is 176 Å². The number of ether oxygens (including phenoxy) is 2. The van der Waals surface area contributed by atoms with Crippen LogP contribution in [0.5, 0.6) is 11.5 Å². The summed E-state index contributed by atoms with van der Waals surface area (Å²) in [5.74, 6) is -0.121. The van der Waals surface area contributed by atoms with Crippen LogP contribution in [-0.4, -0.2) is 64.7 Å². The molecule has 0 heterocycles. The lowest BCUT2D eigenvalue weighted by molar-refractivity contribution is -0.385. The second-order valence-corrected chi connectivity index (χ2v) is 7.16. The summed E-state index contributed by atoms with van der Waals surface area (Å²) < 4.78 is 10.3. The van der Waals surface area contributed by atoms with Crippen molar-refractivity contribution in [2.45, 2.75) is 6.04 Å². The predicted molar refractivity (Wildman–Crippen MR) is 116 cm³/mol. The highest BCUT2D eigenvalue weighted by atomic mass is 16.6. The largest absolute Gasteiger partial charge is 0.493 e. The lowest BCUT2D eigenvalue weighted by Crippen LogP contribution is -2.34. The number of benzene rings is 2. The maximum absolute atomic E-state index is 12.8. The van der Waals surface area contributed by atoms with Gasteiger partial charge in [0.25, 0.3) is 11.6 Å². The van der Waals surface area contributed by atoms with Crippen molar-refractivity contribution < 1.29 is 19.2 Å². The Bertz CT molecular complexity index is 897. The number of hydrogen-bond donors (Lipinski definition) is 1. The summed E-state index contributed by atoms with van der Waals surface area (Å²) in [6.45, 7) is 0.276. The van der Waals surface area contributed by atoms with Gasteiger partial charge in [-0.25, -0.2) is 0 Å². The Kier molecular flexibility index (Phi) is 7.60. The van der Waals surface area contributed by atoms with Gasteiger partial charge in [0, 0.05) is 32.4 Å². The van der Waals surface area contributed by atoms with Gasteiger partial charge < -0.3 is 24.6 Å². The lowest BCUT2D eigenvalue weighted by atomic mass is 10.0. The fourth-order valence-corrected chi connectivity index (χ4v) is 3.08. The third kappa shape index (κ3) is 5.18. The Morgan fingerprint density at radius 3 is 2.10 bits per heavy atom. The number of nitrogens with one attached hydrogen (secondary N) is 1. The summed E-state index contributed by atoms with van der Waals surface area (Å²) in [5.41, 5.74) is 1.66. The predicted octanol–water partition coefficient (Wildman–Crippen LogP) is 2.71. The van der Waals surface area contributed by atoms with Gasteiger partial charge >= 0.3 is 0 Å². The molecule has 2 aromatic rings. The fourth-order valence-electron chi connectivity index (χ4n) is 3.08. The summed E-state index contributed by atoms with van der Waals surface area (Å²) in [5, 5.41) is 14.3. The molecule has 0 fully saturated rings. The maximum atomic E-state index is 12.8. The normalized spacial score (nSPS) is 11.7. The quantitative estimate of drug-likeness (QED) is 0.496. The number of likely N-dealkylation sites (N-methyl/N-ethyl adjacent to an activating group) is 1. The minimum absolute atomic E-state index is 0.0851. The molecule has 30 heavy (non-hydrogen) atoms. The summed E-state index contributed by atoms with van der Waals surface area (Å²) >= 11 is 0. The average Bonchev–Trinajstić information content (AvgIpc) is 2.72. The Morgan fingerprint density at radius 2 is 1.63 bits per heavy atom. The van der Waals surface area contributed by atoms with Gasteiger partial charge in [-0.3, -0.25) is 14.9 Å². The van der Waals surface area contributed by atoms with Crippen LogP contribution in [0.25, 0.3) is 0 Å². The minimum Gasteiger partial charge on any atom is -0.493 e. The van der Waals surface area contributed by atoms with E-state index in [2.05, 4.69) is 5.32 Å². The standard InChI is InChI=1S/C21H28N4O5/c1-23(2)15-9-7-14(8-10-15)18(24(3)4)13-22-21(26)16-11-19(29-5)20(30-6)12-17(16)25(27)28/h7-12,18H,13H2,1-6H3,(H,22,26)/t18-/m0/s1. The minimum atomic E-state index is -0.611. The van der Waals surface area contributed by atoms with E-state index in [9.17, 15) is 14.9 Å². The molecule has 1 N–H and O–H groups in total. The number of methoxy groups -OCH3 is 2. The fraction of sp³-hybridized carbons (Fsp3) is 0.381. The second kappa shape index (κ2) is 9.93. The van der Waals surface area contributed by atoms with Crippen LogP contribution in [0.2, 0.25) is 0 Å². The zero-order chi connectivity index (χ0) is 22.4. The van der Waals surface area contributed by atoms with Gasteiger partial charge in [0.05, 0.1) is 31.3 Å². The molecule has 0 aliphatic carbocycles. The molecule has 0 aromatic heterocycles. The lowest BCUT2D eigenvalue weighted by Gasteiger charge is -2.26. The van der Waals surface area contributed by atoms with Gasteiger partial charge in [-0.15, -0.1) is 0 Å². The second-order valence-electron chi connectivity index (χ2n) is 7.16. The van der Waals surface area contributed by atoms with Crippen LogP contribution in [0.1, 0.15) is 22.0 Å². The monoisotopic (exact) mass is 416 g/mol. The molecule has 1 amide bonds. The van der Waals surface area contributed by atoms with Gasteiger partial charge in [0.1, 0.15) is 5.56 Å². The molecule has 0 bridgehead atoms. The SMILES string of the molecule is COc1cc(C(=O)NC[C@@H](c2ccc(N(C)C)cc2)N(C)C)c([N+](=O)[O-])cc1OC. The number of amides is 1. The van der Waals surface area contributed by atoms with Crippen LogP contribution >= 0.6 is 0 Å². The molecule has 0 radical (unpaired) electrons. The van der Waals surface area contributed by atoms with E-state index in [0.29, 0.717) is 0 Å². The first kappa shape index (κ1) is 23.0. The van der Waals surface area contributed by atoms with Crippen LogP contribution in [-0.2, 0) is 0 Å². The van der Waals surface area contributed by atoms with Crippen molar-refractivity contribution in [2.75, 3.05) is 53.9 Å². The van der Waals surface area contributed by atoms with E-state index in [1.165, 1.54) is 26.4 Å². The number of carbonyl (C=O) groups is 1. The molecule has 162 valence electrons. The molecule has 9 heteroatoms. The van der Waals surface area contributed by atoms with Crippen LogP contribution in [0.15, 0.2) is 36.4 Å². The van der Waals surface area contributed by atoms with E-state index in [1.54, 1.807) is 0 Å². The Morgan fingerprint density at radius 1 is 1.07 bits per heavy atom. The molecule has 9 nitrogen and oxygen atoms in total. The van der Waals surface area contributed by atoms with Crippen molar-refractivity contribution in [1.82, 2.24) is 10.2 Å². The van der Waals surface area contributed by atoms with E-state index >= 15 is 0 Å². The van der Waals surface area contributed by atoms with E-state index in [0.717, 1.165) is 11.3 Å². The first-order valence-corrected chi connectivity index (χ1v) is 9.31. The Balaban J connectivity index is 2.26. The number of anilines is 1. The Hall–Kier alpha value is -3.33. The van der Waals surface area contributed by atoms with Gasteiger partial charge in [-0.05, 0) is 31.8 Å². The molecule has 0 saturated carbocycles. The van der Waals surface area contributed by atoms with E-state index < -0.39 is 10.8 Å². The van der Waals surface area contributed by atoms with Crippen molar-refractivity contribution in [3.05, 3.63) is 57.6 Å². The molecule has 0 aliphatic heterocycles. The van der Waals surface area contributed by atoms with E-state index in [1.807, 2.05) is 62.3 Å². The van der Waals surface area contributed by atoms with E-state index in [-0.39, 0.29) is 35.3 Å². The topological polar surface area (TPSA) is 97.2 Å². The summed E-state index contributed by atoms with van der Waals surface area (Å²) in [6.07, 6.45) is 0. The third-order valence-corrected chi connectivity index (χ3v) is 4.82. The van der Waals surface area contributed by atoms with Crippen molar-refractivity contribution in [3.8, 4) is 11.5 Å². The van der Waals surface area contributed by atoms with Crippen LogP contribution in [0, 0.1) is 10.1 Å². The number of rotatable bonds is 9. The van der Waals surface area contributed by atoms with Gasteiger partial charge in [0.15, 0.2) is 11.5 Å². The average molecular weight is 416 g/mol. The van der Waals surface area contributed by atoms with Crippen LogP contribution in [0.4, 0.5) is 11.4 Å². The van der Waals surface area contributed by atoms with Crippen molar-refractivity contribution in [1.29, 1.82) is 0 Å². The number of carbonyl (C=O) groups excluding carboxylic acids is 1. The molecule has 0 aliphatic rings. The molecule has 0 unspecified atom stereocenters. The molecule has 1 atom stereocenters. The molecular weight excluding hydrogens is 388 g/mol. The van der Waals surface area contributed by atoms with Crippen molar-refractivity contribution in [2.24, 2.45) is 0 Å². The highest BCUT2D eigenvalue weighted by molar-refractivity contribution is 5.99. The van der Waals surface area contributed by atoms with Gasteiger partial charge in [0.2, 0.25) is 0 Å². The highest BCUT2D eigenvalue weighted by Crippen LogP contribution is 2.34. The number of nitro benzene ring substituents is 1. The summed E-state index contributed by atoms with van der Waals surface area (Å²) in [6, 6.07) is 10.4. The zero-order valence-corrected chi connectivity index (χ0v) is 18.1. The first-order valence-electron chi connectivity index (χ1n) is 9.31. The van der Waals surface area contributed by atoms with Crippen LogP contribution < -0.4 is 19.7 Å². The third-order valence-electron chi connectivity index (χ3n) is 4.82. The number of hydrogen-bond acceptors (Lipinski definition) is 7. The first-order chi connectivity index (χ1) is 14.2. The molecule has 0 saturated heterocycles. The smallest absolute Gasteiger partial charge is 0.286 e. The maximum Gasteiger partial charge on any atom is 0.286 e.